The summed E-state index contributed by atoms with van der Waals surface area (Å²) in [6, 6.07) is 25.8. The van der Waals surface area contributed by atoms with Gasteiger partial charge in [0, 0.05) is 12.6 Å². The van der Waals surface area contributed by atoms with Crippen LogP contribution >= 0.6 is 11.8 Å². The summed E-state index contributed by atoms with van der Waals surface area (Å²) in [5, 5.41) is 10.6. The van der Waals surface area contributed by atoms with Gasteiger partial charge in [0.25, 0.3) is 0 Å². The normalized spacial score (nSPS) is 14.8. The van der Waals surface area contributed by atoms with Crippen LogP contribution in [-0.2, 0) is 9.53 Å². The standard InChI is InChI=1S/C27H26N4O2S/c1-4-33-27(32)26-30-31(21-16-14-19(2)15-17-21)25(34-26)18-24(20-10-6-5-7-11-20)29-23-13-9-8-12-22(23)28-3/h5-18,28H,4H2,1-3H3/b25-18+,29-24?. The van der Waals surface area contributed by atoms with Crippen molar-refractivity contribution in [3.05, 3.63) is 101 Å². The highest BCUT2D eigenvalue weighted by atomic mass is 32.2. The number of aliphatic imine (C=N–C) groups is 1. The van der Waals surface area contributed by atoms with E-state index in [-0.39, 0.29) is 5.04 Å². The Balaban J connectivity index is 1.82. The zero-order valence-electron chi connectivity index (χ0n) is 19.4. The van der Waals surface area contributed by atoms with Crippen molar-refractivity contribution in [2.24, 2.45) is 10.1 Å². The van der Waals surface area contributed by atoms with Crippen LogP contribution in [0.3, 0.4) is 0 Å². The van der Waals surface area contributed by atoms with E-state index in [0.717, 1.165) is 38.9 Å². The molecule has 3 aromatic carbocycles. The highest BCUT2D eigenvalue weighted by Gasteiger charge is 2.29. The Hall–Kier alpha value is -3.84. The van der Waals surface area contributed by atoms with Crippen molar-refractivity contribution < 1.29 is 9.53 Å². The number of carbonyl (C=O) groups excluding carboxylic acids is 1. The molecule has 0 bridgehead atoms. The second kappa shape index (κ2) is 10.9. The zero-order chi connectivity index (χ0) is 23.9. The second-order valence-electron chi connectivity index (χ2n) is 7.49. The summed E-state index contributed by atoms with van der Waals surface area (Å²) in [6.07, 6.45) is 1.96. The lowest BCUT2D eigenvalue weighted by molar-refractivity contribution is -0.134. The number of hydrazone groups is 1. The fourth-order valence-electron chi connectivity index (χ4n) is 3.36. The van der Waals surface area contributed by atoms with Crippen molar-refractivity contribution in [2.45, 2.75) is 13.8 Å². The Labute approximate surface area is 204 Å². The van der Waals surface area contributed by atoms with Crippen LogP contribution in [0, 0.1) is 6.92 Å². The molecular formula is C27H26N4O2S. The molecule has 0 saturated heterocycles. The highest BCUT2D eigenvalue weighted by Crippen LogP contribution is 2.36. The maximum atomic E-state index is 12.5. The van der Waals surface area contributed by atoms with Crippen LogP contribution < -0.4 is 10.3 Å². The lowest BCUT2D eigenvalue weighted by Gasteiger charge is -2.16. The van der Waals surface area contributed by atoms with Gasteiger partial charge in [-0.15, -0.1) is 0 Å². The summed E-state index contributed by atoms with van der Waals surface area (Å²) in [7, 11) is 1.88. The smallest absolute Gasteiger partial charge is 0.365 e. The number of rotatable bonds is 7. The van der Waals surface area contributed by atoms with E-state index in [1.54, 1.807) is 11.9 Å². The van der Waals surface area contributed by atoms with Crippen LogP contribution in [0.5, 0.6) is 0 Å². The molecule has 0 radical (unpaired) electrons. The van der Waals surface area contributed by atoms with Crippen LogP contribution in [0.4, 0.5) is 17.1 Å². The van der Waals surface area contributed by atoms with Gasteiger partial charge in [-0.25, -0.2) is 14.8 Å². The van der Waals surface area contributed by atoms with Crippen molar-refractivity contribution in [2.75, 3.05) is 24.0 Å². The lowest BCUT2D eigenvalue weighted by Crippen LogP contribution is -2.13. The van der Waals surface area contributed by atoms with E-state index in [1.807, 2.05) is 98.9 Å². The molecule has 0 saturated carbocycles. The van der Waals surface area contributed by atoms with E-state index in [4.69, 9.17) is 9.73 Å². The molecule has 1 heterocycles. The van der Waals surface area contributed by atoms with Crippen molar-refractivity contribution >= 4 is 45.5 Å². The van der Waals surface area contributed by atoms with Gasteiger partial charge in [-0.1, -0.05) is 60.2 Å². The minimum atomic E-state index is -0.438. The van der Waals surface area contributed by atoms with Gasteiger partial charge in [0.15, 0.2) is 0 Å². The van der Waals surface area contributed by atoms with Crippen LogP contribution in [0.15, 0.2) is 100 Å². The molecule has 4 rings (SSSR count). The first-order valence-electron chi connectivity index (χ1n) is 11.0. The first-order valence-corrected chi connectivity index (χ1v) is 11.8. The summed E-state index contributed by atoms with van der Waals surface area (Å²) < 4.78 is 5.21. The van der Waals surface area contributed by atoms with Crippen LogP contribution in [0.25, 0.3) is 0 Å². The summed E-state index contributed by atoms with van der Waals surface area (Å²) >= 11 is 1.28. The number of thioether (sulfide) groups is 1. The Morgan fingerprint density at radius 1 is 1.06 bits per heavy atom. The number of para-hydroxylation sites is 2. The fourth-order valence-corrected chi connectivity index (χ4v) is 4.22. The molecule has 6 nitrogen and oxygen atoms in total. The van der Waals surface area contributed by atoms with Crippen molar-refractivity contribution in [3.63, 3.8) is 0 Å². The number of benzene rings is 3. The number of nitrogens with zero attached hydrogens (tertiary/aromatic N) is 3. The predicted molar refractivity (Wildman–Crippen MR) is 142 cm³/mol. The quantitative estimate of drug-likeness (QED) is 0.332. The number of esters is 1. The molecule has 0 fully saturated rings. The number of hydrogen-bond donors (Lipinski definition) is 1. The van der Waals surface area contributed by atoms with Gasteiger partial charge in [0.2, 0.25) is 5.04 Å². The van der Waals surface area contributed by atoms with Crippen molar-refractivity contribution in [1.82, 2.24) is 0 Å². The topological polar surface area (TPSA) is 66.3 Å². The van der Waals surface area contributed by atoms with E-state index >= 15 is 0 Å². The molecule has 7 heteroatoms. The molecule has 0 aromatic heterocycles. The van der Waals surface area contributed by atoms with Crippen LogP contribution in [0.2, 0.25) is 0 Å². The Morgan fingerprint density at radius 2 is 1.76 bits per heavy atom. The number of anilines is 2. The second-order valence-corrected chi connectivity index (χ2v) is 8.50. The first-order chi connectivity index (χ1) is 16.6. The SMILES string of the molecule is CCOC(=O)C1=NN(c2ccc(C)cc2)/C(=C\C(=Nc2ccccc2NC)c2ccccc2)S1. The molecule has 0 unspecified atom stereocenters. The van der Waals surface area contributed by atoms with E-state index in [1.165, 1.54) is 11.8 Å². The molecule has 0 spiro atoms. The molecule has 1 aliphatic rings. The Morgan fingerprint density at radius 3 is 2.47 bits per heavy atom. The maximum absolute atomic E-state index is 12.5. The molecule has 1 N–H and O–H groups in total. The summed E-state index contributed by atoms with van der Waals surface area (Å²) in [4.78, 5) is 17.5. The van der Waals surface area contributed by atoms with E-state index < -0.39 is 5.97 Å². The van der Waals surface area contributed by atoms with Gasteiger partial charge >= 0.3 is 5.97 Å². The molecule has 172 valence electrons. The monoisotopic (exact) mass is 470 g/mol. The minimum Gasteiger partial charge on any atom is -0.461 e. The third-order valence-corrected chi connectivity index (χ3v) is 6.02. The number of hydrogen-bond acceptors (Lipinski definition) is 7. The summed E-state index contributed by atoms with van der Waals surface area (Å²) in [5.41, 5.74) is 5.44. The Bertz CT molecular complexity index is 1250. The van der Waals surface area contributed by atoms with E-state index in [0.29, 0.717) is 6.61 Å². The third-order valence-electron chi connectivity index (χ3n) is 5.07. The highest BCUT2D eigenvalue weighted by molar-refractivity contribution is 8.19. The number of nitrogens with one attached hydrogen (secondary N) is 1. The molecule has 34 heavy (non-hydrogen) atoms. The molecule has 0 atom stereocenters. The third kappa shape index (κ3) is 5.38. The Kier molecular flexibility index (Phi) is 7.44. The summed E-state index contributed by atoms with van der Waals surface area (Å²) in [6.45, 7) is 4.11. The maximum Gasteiger partial charge on any atom is 0.365 e. The number of carbonyl (C=O) groups is 1. The summed E-state index contributed by atoms with van der Waals surface area (Å²) in [5.74, 6) is -0.438. The van der Waals surface area contributed by atoms with E-state index in [9.17, 15) is 4.79 Å². The van der Waals surface area contributed by atoms with Gasteiger partial charge in [0.1, 0.15) is 5.03 Å². The number of ether oxygens (including phenoxy) is 1. The molecular weight excluding hydrogens is 444 g/mol. The number of allylic oxidation sites excluding steroid dienone is 1. The van der Waals surface area contributed by atoms with Gasteiger partial charge in [-0.05, 0) is 56.0 Å². The minimum absolute atomic E-state index is 0.289. The molecule has 1 aliphatic heterocycles. The average Bonchev–Trinajstić information content (AvgIpc) is 3.29. The van der Waals surface area contributed by atoms with Crippen LogP contribution in [-0.4, -0.2) is 30.4 Å². The predicted octanol–water partition coefficient (Wildman–Crippen LogP) is 6.13. The fraction of sp³-hybridized carbons (Fsp3) is 0.148. The zero-order valence-corrected chi connectivity index (χ0v) is 20.2. The van der Waals surface area contributed by atoms with Gasteiger partial charge < -0.3 is 10.1 Å². The molecule has 3 aromatic rings. The lowest BCUT2D eigenvalue weighted by atomic mass is 10.1. The molecule has 0 aliphatic carbocycles. The average molecular weight is 471 g/mol. The largest absolute Gasteiger partial charge is 0.461 e. The van der Waals surface area contributed by atoms with Gasteiger partial charge in [-0.3, -0.25) is 0 Å². The molecule has 0 amide bonds. The number of aryl methyl sites for hydroxylation is 1. The van der Waals surface area contributed by atoms with Gasteiger partial charge in [-0.2, -0.15) is 5.10 Å². The van der Waals surface area contributed by atoms with E-state index in [2.05, 4.69) is 10.4 Å². The first kappa shape index (κ1) is 23.3. The van der Waals surface area contributed by atoms with Gasteiger partial charge in [0.05, 0.1) is 29.4 Å². The van der Waals surface area contributed by atoms with Crippen LogP contribution in [0.1, 0.15) is 18.1 Å². The van der Waals surface area contributed by atoms with Crippen molar-refractivity contribution in [1.29, 1.82) is 0 Å². The van der Waals surface area contributed by atoms with Crippen molar-refractivity contribution in [3.8, 4) is 0 Å².